The number of nitrogens with one attached hydrogen (secondary N) is 1. The quantitative estimate of drug-likeness (QED) is 0.808. The molecule has 0 aliphatic carbocycles. The Morgan fingerprint density at radius 1 is 1.12 bits per heavy atom. The first-order valence-corrected chi connectivity index (χ1v) is 9.06. The highest BCUT2D eigenvalue weighted by Crippen LogP contribution is 2.10. The summed E-state index contributed by atoms with van der Waals surface area (Å²) >= 11 is 0. The number of amides is 2. The van der Waals surface area contributed by atoms with E-state index in [4.69, 9.17) is 4.52 Å². The second-order valence-corrected chi connectivity index (χ2v) is 6.83. The van der Waals surface area contributed by atoms with Gasteiger partial charge in [-0.05, 0) is 19.8 Å². The molecule has 25 heavy (non-hydrogen) atoms. The predicted octanol–water partition coefficient (Wildman–Crippen LogP) is 0.552. The lowest BCUT2D eigenvalue weighted by atomic mass is 10.2. The number of aromatic nitrogens is 1. The molecule has 0 unspecified atom stereocenters. The summed E-state index contributed by atoms with van der Waals surface area (Å²) in [6.07, 6.45) is 2.70. The Balaban J connectivity index is 1.32. The average Bonchev–Trinajstić information content (AvgIpc) is 3.26. The molecule has 1 aromatic heterocycles. The number of anilines is 1. The molecule has 2 aliphatic rings. The van der Waals surface area contributed by atoms with Gasteiger partial charge in [-0.25, -0.2) is 0 Å². The van der Waals surface area contributed by atoms with Gasteiger partial charge in [0, 0.05) is 58.3 Å². The van der Waals surface area contributed by atoms with Crippen molar-refractivity contribution in [3.63, 3.8) is 0 Å². The Kier molecular flexibility index (Phi) is 6.04. The molecule has 8 heteroatoms. The van der Waals surface area contributed by atoms with E-state index < -0.39 is 0 Å². The van der Waals surface area contributed by atoms with Crippen molar-refractivity contribution < 1.29 is 14.1 Å². The van der Waals surface area contributed by atoms with Crippen LogP contribution >= 0.6 is 0 Å². The lowest BCUT2D eigenvalue weighted by Gasteiger charge is -2.34. The number of hydrogen-bond acceptors (Lipinski definition) is 6. The molecule has 0 saturated carbocycles. The molecule has 0 bridgehead atoms. The normalized spacial score (nSPS) is 19.3. The van der Waals surface area contributed by atoms with Crippen molar-refractivity contribution in [2.75, 3.05) is 57.7 Å². The number of likely N-dealkylation sites (tertiary alicyclic amines) is 1. The van der Waals surface area contributed by atoms with E-state index in [0.29, 0.717) is 24.5 Å². The number of aryl methyl sites for hydroxylation is 1. The highest BCUT2D eigenvalue weighted by molar-refractivity contribution is 5.89. The zero-order valence-electron chi connectivity index (χ0n) is 14.9. The first kappa shape index (κ1) is 17.9. The largest absolute Gasteiger partial charge is 0.360 e. The number of hydrogen-bond donors (Lipinski definition) is 1. The van der Waals surface area contributed by atoms with Gasteiger partial charge in [0.05, 0.1) is 6.54 Å². The van der Waals surface area contributed by atoms with Gasteiger partial charge in [-0.1, -0.05) is 5.16 Å². The SMILES string of the molecule is Cc1cc(NC(=O)CCN2CCN(CC(=O)N3CCCC3)CC2)no1. The molecule has 138 valence electrons. The Labute approximate surface area is 148 Å². The van der Waals surface area contributed by atoms with E-state index in [2.05, 4.69) is 20.3 Å². The van der Waals surface area contributed by atoms with Crippen molar-refractivity contribution in [2.24, 2.45) is 0 Å². The van der Waals surface area contributed by atoms with E-state index in [-0.39, 0.29) is 11.8 Å². The van der Waals surface area contributed by atoms with E-state index in [0.717, 1.165) is 58.7 Å². The summed E-state index contributed by atoms with van der Waals surface area (Å²) in [5.74, 6) is 1.34. The van der Waals surface area contributed by atoms with Gasteiger partial charge in [0.25, 0.3) is 0 Å². The molecular weight excluding hydrogens is 322 g/mol. The number of carbonyl (C=O) groups excluding carboxylic acids is 2. The van der Waals surface area contributed by atoms with Crippen molar-refractivity contribution in [3.05, 3.63) is 11.8 Å². The minimum atomic E-state index is -0.0556. The number of nitrogens with zero attached hydrogens (tertiary/aromatic N) is 4. The van der Waals surface area contributed by atoms with Gasteiger partial charge in [0.15, 0.2) is 5.82 Å². The molecule has 0 aromatic carbocycles. The maximum atomic E-state index is 12.2. The molecule has 3 rings (SSSR count). The van der Waals surface area contributed by atoms with E-state index in [1.54, 1.807) is 13.0 Å². The minimum absolute atomic E-state index is 0.0556. The summed E-state index contributed by atoms with van der Waals surface area (Å²) in [6, 6.07) is 1.70. The van der Waals surface area contributed by atoms with Crippen LogP contribution in [0.4, 0.5) is 5.82 Å². The van der Waals surface area contributed by atoms with Crippen LogP contribution < -0.4 is 5.32 Å². The molecule has 0 spiro atoms. The zero-order valence-corrected chi connectivity index (χ0v) is 14.9. The zero-order chi connectivity index (χ0) is 17.6. The number of carbonyl (C=O) groups is 2. The molecule has 1 aromatic rings. The molecule has 2 amide bonds. The molecule has 1 N–H and O–H groups in total. The first-order chi connectivity index (χ1) is 12.1. The van der Waals surface area contributed by atoms with E-state index in [1.807, 2.05) is 4.90 Å². The molecule has 2 fully saturated rings. The molecule has 0 atom stereocenters. The third-order valence-electron chi connectivity index (χ3n) is 4.83. The van der Waals surface area contributed by atoms with Gasteiger partial charge in [0.2, 0.25) is 11.8 Å². The van der Waals surface area contributed by atoms with Gasteiger partial charge in [0.1, 0.15) is 5.76 Å². The monoisotopic (exact) mass is 349 g/mol. The Hall–Kier alpha value is -1.93. The fourth-order valence-corrected chi connectivity index (χ4v) is 3.32. The van der Waals surface area contributed by atoms with Crippen LogP contribution in [0.3, 0.4) is 0 Å². The smallest absolute Gasteiger partial charge is 0.236 e. The Morgan fingerprint density at radius 3 is 2.44 bits per heavy atom. The fraction of sp³-hybridized carbons (Fsp3) is 0.706. The average molecular weight is 349 g/mol. The highest BCUT2D eigenvalue weighted by Gasteiger charge is 2.23. The van der Waals surface area contributed by atoms with Crippen molar-refractivity contribution >= 4 is 17.6 Å². The van der Waals surface area contributed by atoms with Gasteiger partial charge in [-0.15, -0.1) is 0 Å². The van der Waals surface area contributed by atoms with Crippen molar-refractivity contribution in [1.82, 2.24) is 19.9 Å². The topological polar surface area (TPSA) is 81.9 Å². The lowest BCUT2D eigenvalue weighted by molar-refractivity contribution is -0.131. The standard InChI is InChI=1S/C17H27N5O3/c1-14-12-15(19-25-14)18-16(23)4-7-20-8-10-21(11-9-20)13-17(24)22-5-2-3-6-22/h12H,2-11,13H2,1H3,(H,18,19,23). The van der Waals surface area contributed by atoms with Gasteiger partial charge in [-0.3, -0.25) is 14.5 Å². The maximum Gasteiger partial charge on any atom is 0.236 e. The van der Waals surface area contributed by atoms with Crippen LogP contribution in [0.2, 0.25) is 0 Å². The van der Waals surface area contributed by atoms with Crippen LogP contribution in [0, 0.1) is 6.92 Å². The lowest BCUT2D eigenvalue weighted by Crippen LogP contribution is -2.50. The summed E-state index contributed by atoms with van der Waals surface area (Å²) in [5, 5.41) is 6.49. The summed E-state index contributed by atoms with van der Waals surface area (Å²) in [4.78, 5) is 30.6. The van der Waals surface area contributed by atoms with E-state index in [1.165, 1.54) is 0 Å². The highest BCUT2D eigenvalue weighted by atomic mass is 16.5. The molecule has 2 saturated heterocycles. The molecule has 8 nitrogen and oxygen atoms in total. The number of piperazine rings is 1. The Bertz CT molecular complexity index is 589. The second kappa shape index (κ2) is 8.44. The van der Waals surface area contributed by atoms with Crippen LogP contribution in [0.15, 0.2) is 10.6 Å². The van der Waals surface area contributed by atoms with Gasteiger partial charge in [-0.2, -0.15) is 0 Å². The molecule has 0 radical (unpaired) electrons. The van der Waals surface area contributed by atoms with Crippen LogP contribution in [-0.2, 0) is 9.59 Å². The fourth-order valence-electron chi connectivity index (χ4n) is 3.32. The summed E-state index contributed by atoms with van der Waals surface area (Å²) in [5.41, 5.74) is 0. The minimum Gasteiger partial charge on any atom is -0.360 e. The second-order valence-electron chi connectivity index (χ2n) is 6.83. The molecule has 3 heterocycles. The Morgan fingerprint density at radius 2 is 1.80 bits per heavy atom. The van der Waals surface area contributed by atoms with E-state index >= 15 is 0 Å². The third-order valence-corrected chi connectivity index (χ3v) is 4.83. The van der Waals surface area contributed by atoms with Crippen LogP contribution in [-0.4, -0.2) is 84.0 Å². The number of rotatable bonds is 6. The summed E-state index contributed by atoms with van der Waals surface area (Å²) in [6.45, 7) is 8.41. The van der Waals surface area contributed by atoms with Crippen LogP contribution in [0.25, 0.3) is 0 Å². The predicted molar refractivity (Wildman–Crippen MR) is 93.2 cm³/mol. The van der Waals surface area contributed by atoms with Gasteiger partial charge >= 0.3 is 0 Å². The van der Waals surface area contributed by atoms with Crippen LogP contribution in [0.5, 0.6) is 0 Å². The maximum absolute atomic E-state index is 12.2. The molecular formula is C17H27N5O3. The first-order valence-electron chi connectivity index (χ1n) is 9.06. The van der Waals surface area contributed by atoms with Crippen molar-refractivity contribution in [2.45, 2.75) is 26.2 Å². The van der Waals surface area contributed by atoms with Crippen LogP contribution in [0.1, 0.15) is 25.0 Å². The van der Waals surface area contributed by atoms with E-state index in [9.17, 15) is 9.59 Å². The third kappa shape index (κ3) is 5.27. The van der Waals surface area contributed by atoms with Gasteiger partial charge < -0.3 is 19.6 Å². The van der Waals surface area contributed by atoms with Crippen molar-refractivity contribution in [3.8, 4) is 0 Å². The summed E-state index contributed by atoms with van der Waals surface area (Å²) in [7, 11) is 0. The molecule has 2 aliphatic heterocycles. The summed E-state index contributed by atoms with van der Waals surface area (Å²) < 4.78 is 4.93. The van der Waals surface area contributed by atoms with Crippen molar-refractivity contribution in [1.29, 1.82) is 0 Å².